The summed E-state index contributed by atoms with van der Waals surface area (Å²) in [4.78, 5) is 24.6. The molecule has 0 saturated heterocycles. The molecule has 5 nitrogen and oxygen atoms in total. The number of rotatable bonds is 5. The van der Waals surface area contributed by atoms with E-state index in [0.717, 1.165) is 17.7 Å². The molecule has 2 N–H and O–H groups in total. The zero-order chi connectivity index (χ0) is 13.5. The molecule has 1 heterocycles. The number of carbonyl (C=O) groups excluding carboxylic acids is 1. The number of urea groups is 1. The van der Waals surface area contributed by atoms with Gasteiger partial charge in [0.1, 0.15) is 6.04 Å². The van der Waals surface area contributed by atoms with Crippen molar-refractivity contribution in [2.45, 2.75) is 25.8 Å². The first-order valence-corrected chi connectivity index (χ1v) is 7.36. The van der Waals surface area contributed by atoms with Gasteiger partial charge in [0.2, 0.25) is 0 Å². The van der Waals surface area contributed by atoms with Gasteiger partial charge in [-0.15, -0.1) is 0 Å². The van der Waals surface area contributed by atoms with Gasteiger partial charge in [0.05, 0.1) is 0 Å². The molecular formula is C12H20N2O3S. The summed E-state index contributed by atoms with van der Waals surface area (Å²) in [5.41, 5.74) is 1.15. The Balaban J connectivity index is 2.50. The predicted molar refractivity (Wildman–Crippen MR) is 72.9 cm³/mol. The number of hydrogen-bond acceptors (Lipinski definition) is 3. The van der Waals surface area contributed by atoms with Crippen molar-refractivity contribution in [1.29, 1.82) is 0 Å². The van der Waals surface area contributed by atoms with E-state index in [0.29, 0.717) is 19.5 Å². The molecule has 0 aromatic carbocycles. The van der Waals surface area contributed by atoms with Crippen LogP contribution in [0, 0.1) is 0 Å². The molecule has 0 bridgehead atoms. The topological polar surface area (TPSA) is 69.6 Å². The highest BCUT2D eigenvalue weighted by atomic mass is 32.2. The second-order valence-electron chi connectivity index (χ2n) is 4.38. The summed E-state index contributed by atoms with van der Waals surface area (Å²) in [5.74, 6) is -0.252. The van der Waals surface area contributed by atoms with E-state index in [2.05, 4.69) is 11.4 Å². The van der Waals surface area contributed by atoms with Crippen LogP contribution in [0.15, 0.2) is 11.6 Å². The third-order valence-electron chi connectivity index (χ3n) is 2.83. The average molecular weight is 272 g/mol. The number of carboxylic acid groups (broad SMARTS) is 1. The van der Waals surface area contributed by atoms with Crippen molar-refractivity contribution in [3.05, 3.63) is 11.6 Å². The molecule has 1 aliphatic rings. The number of hydrogen-bond donors (Lipinski definition) is 2. The van der Waals surface area contributed by atoms with Gasteiger partial charge in [-0.2, -0.15) is 11.8 Å². The molecule has 0 saturated carbocycles. The minimum absolute atomic E-state index is 0.282. The van der Waals surface area contributed by atoms with Crippen LogP contribution in [0.2, 0.25) is 0 Å². The number of carbonyl (C=O) groups is 2. The van der Waals surface area contributed by atoms with Crippen molar-refractivity contribution in [3.8, 4) is 0 Å². The molecule has 1 unspecified atom stereocenters. The predicted octanol–water partition coefficient (Wildman–Crippen LogP) is 1.55. The van der Waals surface area contributed by atoms with Crippen LogP contribution in [-0.2, 0) is 4.79 Å². The maximum atomic E-state index is 11.9. The summed E-state index contributed by atoms with van der Waals surface area (Å²) >= 11 is 1.57. The highest BCUT2D eigenvalue weighted by Gasteiger charge is 2.23. The highest BCUT2D eigenvalue weighted by Crippen LogP contribution is 2.09. The summed E-state index contributed by atoms with van der Waals surface area (Å²) in [5, 5.41) is 11.6. The van der Waals surface area contributed by atoms with Crippen molar-refractivity contribution >= 4 is 23.8 Å². The van der Waals surface area contributed by atoms with E-state index in [1.54, 1.807) is 16.7 Å². The van der Waals surface area contributed by atoms with E-state index in [9.17, 15) is 9.59 Å². The number of aliphatic carboxylic acids is 1. The second-order valence-corrected chi connectivity index (χ2v) is 5.37. The minimum Gasteiger partial charge on any atom is -0.480 e. The average Bonchev–Trinajstić information content (AvgIpc) is 2.33. The van der Waals surface area contributed by atoms with Gasteiger partial charge in [-0.1, -0.05) is 11.6 Å². The number of carboxylic acids is 1. The number of thioether (sulfide) groups is 1. The lowest BCUT2D eigenvalue weighted by Gasteiger charge is -2.27. The van der Waals surface area contributed by atoms with E-state index >= 15 is 0 Å². The Kier molecular flexibility index (Phi) is 6.04. The molecule has 1 atom stereocenters. The molecule has 1 rings (SSSR count). The SMILES string of the molecule is CSCCC(NC(=O)N1CCC=C(C)C1)C(=O)O. The van der Waals surface area contributed by atoms with E-state index in [-0.39, 0.29) is 6.03 Å². The first kappa shape index (κ1) is 14.9. The molecular weight excluding hydrogens is 252 g/mol. The molecule has 0 aromatic heterocycles. The van der Waals surface area contributed by atoms with Crippen LogP contribution < -0.4 is 5.32 Å². The van der Waals surface area contributed by atoms with Crippen LogP contribution in [0.3, 0.4) is 0 Å². The molecule has 18 heavy (non-hydrogen) atoms. The van der Waals surface area contributed by atoms with Gasteiger partial charge in [-0.25, -0.2) is 9.59 Å². The van der Waals surface area contributed by atoms with E-state index in [1.807, 2.05) is 13.2 Å². The summed E-state index contributed by atoms with van der Waals surface area (Å²) < 4.78 is 0. The van der Waals surface area contributed by atoms with Crippen LogP contribution in [-0.4, -0.2) is 53.1 Å². The lowest BCUT2D eigenvalue weighted by molar-refractivity contribution is -0.139. The molecule has 2 amide bonds. The third-order valence-corrected chi connectivity index (χ3v) is 3.47. The van der Waals surface area contributed by atoms with Crippen molar-refractivity contribution in [1.82, 2.24) is 10.2 Å². The second kappa shape index (κ2) is 7.31. The van der Waals surface area contributed by atoms with Crippen LogP contribution in [0.5, 0.6) is 0 Å². The highest BCUT2D eigenvalue weighted by molar-refractivity contribution is 7.98. The first-order valence-electron chi connectivity index (χ1n) is 5.97. The number of amides is 2. The van der Waals surface area contributed by atoms with Gasteiger partial charge in [-0.05, 0) is 31.8 Å². The molecule has 102 valence electrons. The van der Waals surface area contributed by atoms with Crippen molar-refractivity contribution in [2.24, 2.45) is 0 Å². The van der Waals surface area contributed by atoms with Crippen molar-refractivity contribution < 1.29 is 14.7 Å². The van der Waals surface area contributed by atoms with Crippen LogP contribution in [0.1, 0.15) is 19.8 Å². The summed E-state index contributed by atoms with van der Waals surface area (Å²) in [6.45, 7) is 3.21. The zero-order valence-electron chi connectivity index (χ0n) is 10.8. The van der Waals surface area contributed by atoms with Crippen LogP contribution >= 0.6 is 11.8 Å². The molecule has 1 aliphatic heterocycles. The van der Waals surface area contributed by atoms with Gasteiger partial charge in [0.25, 0.3) is 0 Å². The van der Waals surface area contributed by atoms with E-state index in [4.69, 9.17) is 5.11 Å². The first-order chi connectivity index (χ1) is 8.54. The standard InChI is InChI=1S/C12H20N2O3S/c1-9-4-3-6-14(8-9)12(17)13-10(11(15)16)5-7-18-2/h4,10H,3,5-8H2,1-2H3,(H,13,17)(H,15,16). The summed E-state index contributed by atoms with van der Waals surface area (Å²) in [6, 6.07) is -1.08. The molecule has 0 spiro atoms. The fraction of sp³-hybridized carbons (Fsp3) is 0.667. The van der Waals surface area contributed by atoms with Gasteiger partial charge in [0, 0.05) is 13.1 Å². The summed E-state index contributed by atoms with van der Waals surface area (Å²) in [7, 11) is 0. The smallest absolute Gasteiger partial charge is 0.326 e. The normalized spacial score (nSPS) is 17.0. The van der Waals surface area contributed by atoms with Crippen LogP contribution in [0.25, 0.3) is 0 Å². The van der Waals surface area contributed by atoms with E-state index < -0.39 is 12.0 Å². The largest absolute Gasteiger partial charge is 0.480 e. The monoisotopic (exact) mass is 272 g/mol. The van der Waals surface area contributed by atoms with Gasteiger partial charge in [-0.3, -0.25) is 0 Å². The Labute approximate surface area is 112 Å². The van der Waals surface area contributed by atoms with Crippen molar-refractivity contribution in [3.63, 3.8) is 0 Å². The Morgan fingerprint density at radius 1 is 1.61 bits per heavy atom. The Bertz CT molecular complexity index is 344. The molecule has 0 aromatic rings. The van der Waals surface area contributed by atoms with E-state index in [1.165, 1.54) is 0 Å². The Hall–Kier alpha value is -1.17. The fourth-order valence-electron chi connectivity index (χ4n) is 1.82. The lowest BCUT2D eigenvalue weighted by Crippen LogP contribution is -2.49. The van der Waals surface area contributed by atoms with Gasteiger partial charge < -0.3 is 15.3 Å². The minimum atomic E-state index is -0.971. The Morgan fingerprint density at radius 3 is 2.89 bits per heavy atom. The van der Waals surface area contributed by atoms with Crippen molar-refractivity contribution in [2.75, 3.05) is 25.1 Å². The Morgan fingerprint density at radius 2 is 2.33 bits per heavy atom. The molecule has 6 heteroatoms. The van der Waals surface area contributed by atoms with Gasteiger partial charge >= 0.3 is 12.0 Å². The third kappa shape index (κ3) is 4.60. The zero-order valence-corrected chi connectivity index (χ0v) is 11.6. The summed E-state index contributed by atoms with van der Waals surface area (Å²) in [6.07, 6.45) is 5.30. The maximum absolute atomic E-state index is 11.9. The fourth-order valence-corrected chi connectivity index (χ4v) is 2.29. The molecule has 0 fully saturated rings. The molecule has 0 aliphatic carbocycles. The van der Waals surface area contributed by atoms with Crippen LogP contribution in [0.4, 0.5) is 4.79 Å². The maximum Gasteiger partial charge on any atom is 0.326 e. The number of nitrogens with zero attached hydrogens (tertiary/aromatic N) is 1. The quantitative estimate of drug-likeness (QED) is 0.745. The lowest BCUT2D eigenvalue weighted by atomic mass is 10.1. The number of nitrogens with one attached hydrogen (secondary N) is 1. The van der Waals surface area contributed by atoms with Gasteiger partial charge in [0.15, 0.2) is 0 Å². The molecule has 0 radical (unpaired) electrons.